The highest BCUT2D eigenvalue weighted by molar-refractivity contribution is 9.10. The first kappa shape index (κ1) is 14.6. The van der Waals surface area contributed by atoms with Crippen LogP contribution in [0.5, 0.6) is 0 Å². The molecule has 2 rings (SSSR count). The molecule has 20 heavy (non-hydrogen) atoms. The Kier molecular flexibility index (Phi) is 5.23. The molecule has 0 aliphatic heterocycles. The van der Waals surface area contributed by atoms with Crippen LogP contribution in [0.25, 0.3) is 0 Å². The number of nitrogens with one attached hydrogen (secondary N) is 1. The lowest BCUT2D eigenvalue weighted by molar-refractivity contribution is 0.0941. The Morgan fingerprint density at radius 3 is 2.65 bits per heavy atom. The number of amides is 1. The highest BCUT2D eigenvalue weighted by atomic mass is 79.9. The van der Waals surface area contributed by atoms with Gasteiger partial charge < -0.3 is 4.74 Å². The van der Waals surface area contributed by atoms with Gasteiger partial charge in [0.1, 0.15) is 5.69 Å². The number of nitrogen functional groups attached to an aromatic ring is 1. The first-order chi connectivity index (χ1) is 9.69. The van der Waals surface area contributed by atoms with E-state index in [1.807, 2.05) is 29.7 Å². The van der Waals surface area contributed by atoms with Gasteiger partial charge in [-0.1, -0.05) is 34.1 Å². The molecule has 104 valence electrons. The van der Waals surface area contributed by atoms with E-state index in [1.54, 1.807) is 18.2 Å². The molecule has 0 saturated heterocycles. The first-order valence-electron chi connectivity index (χ1n) is 5.98. The lowest BCUT2D eigenvalue weighted by Crippen LogP contribution is -2.30. The minimum Gasteiger partial charge on any atom is -0.370 e. The average molecular weight is 336 g/mol. The summed E-state index contributed by atoms with van der Waals surface area (Å²) in [5.41, 5.74) is 4.08. The number of hydrazine groups is 1. The Morgan fingerprint density at radius 2 is 1.95 bits per heavy atom. The second-order valence-electron chi connectivity index (χ2n) is 4.11. The maximum atomic E-state index is 11.3. The molecule has 1 aromatic heterocycles. The lowest BCUT2D eigenvalue weighted by Gasteiger charge is -2.06. The zero-order valence-corrected chi connectivity index (χ0v) is 12.3. The molecule has 0 radical (unpaired) electrons. The van der Waals surface area contributed by atoms with Gasteiger partial charge in [0.15, 0.2) is 0 Å². The van der Waals surface area contributed by atoms with E-state index in [2.05, 4.69) is 20.9 Å². The van der Waals surface area contributed by atoms with Gasteiger partial charge >= 0.3 is 0 Å². The van der Waals surface area contributed by atoms with Crippen LogP contribution in [-0.4, -0.2) is 10.9 Å². The van der Waals surface area contributed by atoms with Crippen molar-refractivity contribution in [2.45, 2.75) is 13.2 Å². The summed E-state index contributed by atoms with van der Waals surface area (Å²) in [5, 5.41) is 0. The SMILES string of the molecule is NNC(=O)c1cccc(COCc2ccc(Br)cc2)n1. The van der Waals surface area contributed by atoms with Crippen LogP contribution in [0, 0.1) is 0 Å². The van der Waals surface area contributed by atoms with Crippen LogP contribution in [0.1, 0.15) is 21.7 Å². The van der Waals surface area contributed by atoms with E-state index in [0.717, 1.165) is 10.0 Å². The lowest BCUT2D eigenvalue weighted by atomic mass is 10.2. The number of benzene rings is 1. The molecule has 0 aliphatic carbocycles. The monoisotopic (exact) mass is 335 g/mol. The minimum absolute atomic E-state index is 0.275. The van der Waals surface area contributed by atoms with Gasteiger partial charge in [0.25, 0.3) is 5.91 Å². The van der Waals surface area contributed by atoms with Crippen LogP contribution < -0.4 is 11.3 Å². The largest absolute Gasteiger partial charge is 0.370 e. The summed E-state index contributed by atoms with van der Waals surface area (Å²) in [4.78, 5) is 15.5. The van der Waals surface area contributed by atoms with Crippen molar-refractivity contribution in [3.8, 4) is 0 Å². The highest BCUT2D eigenvalue weighted by Crippen LogP contribution is 2.12. The smallest absolute Gasteiger partial charge is 0.283 e. The molecule has 2 aromatic rings. The van der Waals surface area contributed by atoms with Crippen LogP contribution in [0.15, 0.2) is 46.9 Å². The van der Waals surface area contributed by atoms with E-state index >= 15 is 0 Å². The van der Waals surface area contributed by atoms with Gasteiger partial charge in [-0.15, -0.1) is 0 Å². The number of nitrogens with two attached hydrogens (primary N) is 1. The number of hydrogen-bond acceptors (Lipinski definition) is 4. The van der Waals surface area contributed by atoms with Crippen molar-refractivity contribution in [2.24, 2.45) is 5.84 Å². The van der Waals surface area contributed by atoms with E-state index in [0.29, 0.717) is 18.9 Å². The molecule has 3 N–H and O–H groups in total. The van der Waals surface area contributed by atoms with Crippen molar-refractivity contribution in [1.82, 2.24) is 10.4 Å². The zero-order valence-electron chi connectivity index (χ0n) is 10.7. The van der Waals surface area contributed by atoms with Crippen molar-refractivity contribution in [2.75, 3.05) is 0 Å². The van der Waals surface area contributed by atoms with Crippen LogP contribution in [0.4, 0.5) is 0 Å². The maximum absolute atomic E-state index is 11.3. The summed E-state index contributed by atoms with van der Waals surface area (Å²) in [6.07, 6.45) is 0. The number of ether oxygens (including phenoxy) is 1. The molecule has 0 aliphatic rings. The van der Waals surface area contributed by atoms with Crippen LogP contribution in [-0.2, 0) is 18.0 Å². The Hall–Kier alpha value is -1.76. The molecule has 0 unspecified atom stereocenters. The number of aromatic nitrogens is 1. The van der Waals surface area contributed by atoms with Crippen molar-refractivity contribution in [1.29, 1.82) is 0 Å². The first-order valence-corrected chi connectivity index (χ1v) is 6.77. The molecule has 5 nitrogen and oxygen atoms in total. The van der Waals surface area contributed by atoms with Gasteiger partial charge in [-0.05, 0) is 29.8 Å². The molecule has 6 heteroatoms. The molecule has 0 saturated carbocycles. The summed E-state index contributed by atoms with van der Waals surface area (Å²) >= 11 is 3.38. The van der Waals surface area contributed by atoms with Gasteiger partial charge in [-0.3, -0.25) is 10.2 Å². The second-order valence-corrected chi connectivity index (χ2v) is 5.02. The fourth-order valence-electron chi connectivity index (χ4n) is 1.61. The summed E-state index contributed by atoms with van der Waals surface area (Å²) in [5.74, 6) is 4.65. The number of pyridine rings is 1. The summed E-state index contributed by atoms with van der Waals surface area (Å²) < 4.78 is 6.60. The topological polar surface area (TPSA) is 77.2 Å². The van der Waals surface area contributed by atoms with E-state index < -0.39 is 5.91 Å². The number of nitrogens with zero attached hydrogens (tertiary/aromatic N) is 1. The summed E-state index contributed by atoms with van der Waals surface area (Å²) in [7, 11) is 0. The number of carbonyl (C=O) groups is 1. The van der Waals surface area contributed by atoms with Crippen molar-refractivity contribution >= 4 is 21.8 Å². The normalized spacial score (nSPS) is 10.3. The third-order valence-corrected chi connectivity index (χ3v) is 3.13. The average Bonchev–Trinajstić information content (AvgIpc) is 2.49. The van der Waals surface area contributed by atoms with E-state index in [4.69, 9.17) is 10.6 Å². The van der Waals surface area contributed by atoms with E-state index in [1.165, 1.54) is 0 Å². The fraction of sp³-hybridized carbons (Fsp3) is 0.143. The van der Waals surface area contributed by atoms with Gasteiger partial charge in [-0.25, -0.2) is 10.8 Å². The molecular weight excluding hydrogens is 322 g/mol. The van der Waals surface area contributed by atoms with Crippen molar-refractivity contribution in [3.05, 3.63) is 63.9 Å². The zero-order chi connectivity index (χ0) is 14.4. The molecule has 1 heterocycles. The van der Waals surface area contributed by atoms with E-state index in [9.17, 15) is 4.79 Å². The molecule has 1 amide bonds. The van der Waals surface area contributed by atoms with Gasteiger partial charge in [0.2, 0.25) is 0 Å². The molecule has 0 bridgehead atoms. The number of halogens is 1. The Bertz CT molecular complexity index is 587. The third kappa shape index (κ3) is 4.12. The van der Waals surface area contributed by atoms with Crippen molar-refractivity contribution in [3.63, 3.8) is 0 Å². The summed E-state index contributed by atoms with van der Waals surface area (Å²) in [6, 6.07) is 13.0. The van der Waals surface area contributed by atoms with Gasteiger partial charge in [0, 0.05) is 4.47 Å². The predicted octanol–water partition coefficient (Wildman–Crippen LogP) is 2.16. The third-order valence-electron chi connectivity index (χ3n) is 2.60. The van der Waals surface area contributed by atoms with Crippen molar-refractivity contribution < 1.29 is 9.53 Å². The molecular formula is C14H14BrN3O2. The number of carbonyl (C=O) groups excluding carboxylic acids is 1. The standard InChI is InChI=1S/C14H14BrN3O2/c15-11-6-4-10(5-7-11)8-20-9-12-2-1-3-13(17-12)14(19)18-16/h1-7H,8-9,16H2,(H,18,19). The summed E-state index contributed by atoms with van der Waals surface area (Å²) in [6.45, 7) is 0.823. The quantitative estimate of drug-likeness (QED) is 0.498. The fourth-order valence-corrected chi connectivity index (χ4v) is 1.88. The molecule has 1 aromatic carbocycles. The molecule has 0 atom stereocenters. The Labute approximate surface area is 125 Å². The van der Waals surface area contributed by atoms with E-state index in [-0.39, 0.29) is 5.69 Å². The van der Waals surface area contributed by atoms with Crippen LogP contribution in [0.3, 0.4) is 0 Å². The van der Waals surface area contributed by atoms with Gasteiger partial charge in [-0.2, -0.15) is 0 Å². The highest BCUT2D eigenvalue weighted by Gasteiger charge is 2.05. The molecule has 0 spiro atoms. The predicted molar refractivity (Wildman–Crippen MR) is 78.5 cm³/mol. The number of rotatable bonds is 5. The number of hydrogen-bond donors (Lipinski definition) is 2. The minimum atomic E-state index is -0.417. The Balaban J connectivity index is 1.91. The second kappa shape index (κ2) is 7.14. The maximum Gasteiger partial charge on any atom is 0.283 e. The molecule has 0 fully saturated rings. The van der Waals surface area contributed by atoms with Gasteiger partial charge in [0.05, 0.1) is 18.9 Å². The Morgan fingerprint density at radius 1 is 1.20 bits per heavy atom. The van der Waals surface area contributed by atoms with Crippen LogP contribution >= 0.6 is 15.9 Å². The van der Waals surface area contributed by atoms with Crippen LogP contribution in [0.2, 0.25) is 0 Å².